The summed E-state index contributed by atoms with van der Waals surface area (Å²) in [4.78, 5) is -1.04. The van der Waals surface area contributed by atoms with Crippen molar-refractivity contribution in [3.63, 3.8) is 0 Å². The Bertz CT molecular complexity index is 480. The number of halogens is 2. The zero-order chi connectivity index (χ0) is 11.8. The summed E-state index contributed by atoms with van der Waals surface area (Å²) in [6.07, 6.45) is 0. The minimum Gasteiger partial charge on any atom is -0.282 e. The van der Waals surface area contributed by atoms with E-state index in [0.29, 0.717) is 0 Å². The third kappa shape index (κ3) is 2.32. The van der Waals surface area contributed by atoms with Gasteiger partial charge in [-0.05, 0) is 17.5 Å². The summed E-state index contributed by atoms with van der Waals surface area (Å²) in [6.45, 7) is 3.29. The third-order valence-corrected chi connectivity index (χ3v) is 2.85. The highest BCUT2D eigenvalue weighted by Gasteiger charge is 2.22. The molecule has 84 valence electrons. The van der Waals surface area contributed by atoms with Crippen LogP contribution < -0.4 is 0 Å². The fourth-order valence-electron chi connectivity index (χ4n) is 1.19. The lowest BCUT2D eigenvalue weighted by atomic mass is 10.0. The Labute approximate surface area is 86.5 Å². The molecule has 0 saturated heterocycles. The van der Waals surface area contributed by atoms with Crippen LogP contribution in [0.5, 0.6) is 0 Å². The molecule has 0 spiro atoms. The van der Waals surface area contributed by atoms with Crippen LogP contribution in [0.15, 0.2) is 17.0 Å². The van der Waals surface area contributed by atoms with Crippen molar-refractivity contribution in [3.8, 4) is 0 Å². The lowest BCUT2D eigenvalue weighted by molar-refractivity contribution is 0.448. The molecule has 0 atom stereocenters. The molecule has 0 aliphatic heterocycles. The van der Waals surface area contributed by atoms with E-state index in [1.807, 2.05) is 0 Å². The van der Waals surface area contributed by atoms with E-state index in [0.717, 1.165) is 12.1 Å². The van der Waals surface area contributed by atoms with E-state index in [9.17, 15) is 17.2 Å². The van der Waals surface area contributed by atoms with Crippen LogP contribution in [0.3, 0.4) is 0 Å². The van der Waals surface area contributed by atoms with Gasteiger partial charge >= 0.3 is 0 Å². The Balaban J connectivity index is 3.48. The molecule has 3 nitrogen and oxygen atoms in total. The van der Waals surface area contributed by atoms with Crippen LogP contribution in [0.25, 0.3) is 0 Å². The first-order valence-corrected chi connectivity index (χ1v) is 5.64. The van der Waals surface area contributed by atoms with E-state index in [1.54, 1.807) is 13.8 Å². The van der Waals surface area contributed by atoms with E-state index in [1.165, 1.54) is 0 Å². The van der Waals surface area contributed by atoms with E-state index < -0.39 is 26.6 Å². The van der Waals surface area contributed by atoms with Crippen LogP contribution in [0.4, 0.5) is 8.78 Å². The van der Waals surface area contributed by atoms with Gasteiger partial charge in [0.1, 0.15) is 4.90 Å². The van der Waals surface area contributed by atoms with Crippen LogP contribution in [-0.4, -0.2) is 13.0 Å². The number of rotatable bonds is 2. The van der Waals surface area contributed by atoms with Gasteiger partial charge in [0.15, 0.2) is 11.6 Å². The van der Waals surface area contributed by atoms with Crippen LogP contribution >= 0.6 is 0 Å². The average Bonchev–Trinajstić information content (AvgIpc) is 2.06. The molecule has 0 unspecified atom stereocenters. The molecule has 1 aromatic carbocycles. The van der Waals surface area contributed by atoms with Crippen molar-refractivity contribution in [3.05, 3.63) is 29.3 Å². The highest BCUT2D eigenvalue weighted by Crippen LogP contribution is 2.25. The van der Waals surface area contributed by atoms with Crippen molar-refractivity contribution in [1.82, 2.24) is 0 Å². The first-order chi connectivity index (χ1) is 6.75. The third-order valence-electron chi connectivity index (χ3n) is 1.98. The minimum absolute atomic E-state index is 0.0694. The zero-order valence-electron chi connectivity index (χ0n) is 8.16. The molecule has 0 saturated carbocycles. The summed E-state index contributed by atoms with van der Waals surface area (Å²) >= 11 is 0. The number of hydrogen-bond donors (Lipinski definition) is 1. The van der Waals surface area contributed by atoms with E-state index >= 15 is 0 Å². The maximum absolute atomic E-state index is 13.3. The highest BCUT2D eigenvalue weighted by atomic mass is 32.2. The summed E-state index contributed by atoms with van der Waals surface area (Å²) in [5.74, 6) is -3.04. The van der Waals surface area contributed by atoms with Crippen LogP contribution in [0, 0.1) is 11.6 Å². The second kappa shape index (κ2) is 3.86. The molecule has 1 aromatic rings. The summed E-state index contributed by atoms with van der Waals surface area (Å²) < 4.78 is 56.4. The van der Waals surface area contributed by atoms with Crippen molar-refractivity contribution in [2.45, 2.75) is 24.7 Å². The lowest BCUT2D eigenvalue weighted by Crippen LogP contribution is -2.06. The van der Waals surface area contributed by atoms with Crippen LogP contribution in [-0.2, 0) is 10.1 Å². The largest absolute Gasteiger partial charge is 0.297 e. The maximum Gasteiger partial charge on any atom is 0.297 e. The fraction of sp³-hybridized carbons (Fsp3) is 0.333. The van der Waals surface area contributed by atoms with Gasteiger partial charge < -0.3 is 0 Å². The summed E-state index contributed by atoms with van der Waals surface area (Å²) in [5, 5.41) is 0. The monoisotopic (exact) mass is 236 g/mol. The fourth-order valence-corrected chi connectivity index (χ4v) is 1.75. The molecule has 0 radical (unpaired) electrons. The topological polar surface area (TPSA) is 54.4 Å². The van der Waals surface area contributed by atoms with Crippen molar-refractivity contribution in [2.24, 2.45) is 0 Å². The second-order valence-corrected chi connectivity index (χ2v) is 4.80. The molecular formula is C9H10F2O3S. The molecule has 1 N–H and O–H groups in total. The van der Waals surface area contributed by atoms with Gasteiger partial charge in [0.05, 0.1) is 0 Å². The van der Waals surface area contributed by atoms with Gasteiger partial charge in [-0.1, -0.05) is 19.9 Å². The molecule has 0 amide bonds. The first kappa shape index (κ1) is 12.1. The van der Waals surface area contributed by atoms with Gasteiger partial charge in [0.25, 0.3) is 10.1 Å². The Kier molecular flexibility index (Phi) is 3.11. The number of benzene rings is 1. The Hall–Kier alpha value is -1.01. The first-order valence-electron chi connectivity index (χ1n) is 4.20. The predicted octanol–water partition coefficient (Wildman–Crippen LogP) is 2.33. The lowest BCUT2D eigenvalue weighted by Gasteiger charge is -2.09. The Morgan fingerprint density at radius 1 is 1.20 bits per heavy atom. The second-order valence-electron chi connectivity index (χ2n) is 3.41. The van der Waals surface area contributed by atoms with E-state index in [-0.39, 0.29) is 11.5 Å². The van der Waals surface area contributed by atoms with E-state index in [2.05, 4.69) is 0 Å². The number of hydrogen-bond acceptors (Lipinski definition) is 2. The van der Waals surface area contributed by atoms with Crippen molar-refractivity contribution < 1.29 is 21.8 Å². The molecule has 0 bridgehead atoms. The summed E-state index contributed by atoms with van der Waals surface area (Å²) in [7, 11) is -4.71. The van der Waals surface area contributed by atoms with Crippen molar-refractivity contribution >= 4 is 10.1 Å². The van der Waals surface area contributed by atoms with Gasteiger partial charge in [0.2, 0.25) is 0 Å². The molecular weight excluding hydrogens is 226 g/mol. The quantitative estimate of drug-likeness (QED) is 0.802. The summed E-state index contributed by atoms with van der Waals surface area (Å²) in [5.41, 5.74) is 0.0694. The standard InChI is InChI=1S/C9H10F2O3S/c1-5(2)6-3-4-7(15(12,13)14)9(11)8(6)10/h3-5H,1-2H3,(H,12,13,14). The van der Waals surface area contributed by atoms with Crippen LogP contribution in [0.2, 0.25) is 0 Å². The smallest absolute Gasteiger partial charge is 0.282 e. The Morgan fingerprint density at radius 2 is 1.73 bits per heavy atom. The molecule has 0 aliphatic rings. The molecule has 0 aromatic heterocycles. The molecule has 15 heavy (non-hydrogen) atoms. The van der Waals surface area contributed by atoms with E-state index in [4.69, 9.17) is 4.55 Å². The minimum atomic E-state index is -4.71. The summed E-state index contributed by atoms with van der Waals surface area (Å²) in [6, 6.07) is 2.00. The molecule has 0 aliphatic carbocycles. The zero-order valence-corrected chi connectivity index (χ0v) is 8.98. The van der Waals surface area contributed by atoms with Crippen LogP contribution in [0.1, 0.15) is 25.3 Å². The SMILES string of the molecule is CC(C)c1ccc(S(=O)(=O)O)c(F)c1F. The van der Waals surface area contributed by atoms with Gasteiger partial charge in [-0.2, -0.15) is 8.42 Å². The van der Waals surface area contributed by atoms with Crippen molar-refractivity contribution in [2.75, 3.05) is 0 Å². The molecule has 0 fully saturated rings. The van der Waals surface area contributed by atoms with Gasteiger partial charge in [-0.15, -0.1) is 0 Å². The van der Waals surface area contributed by atoms with Gasteiger partial charge in [-0.3, -0.25) is 4.55 Å². The molecule has 0 heterocycles. The molecule has 6 heteroatoms. The molecule has 1 rings (SSSR count). The Morgan fingerprint density at radius 3 is 2.13 bits per heavy atom. The average molecular weight is 236 g/mol. The normalized spacial score (nSPS) is 12.1. The van der Waals surface area contributed by atoms with Crippen molar-refractivity contribution in [1.29, 1.82) is 0 Å². The van der Waals surface area contributed by atoms with Gasteiger partial charge in [-0.25, -0.2) is 8.78 Å². The predicted molar refractivity (Wildman–Crippen MR) is 50.3 cm³/mol. The van der Waals surface area contributed by atoms with Gasteiger partial charge in [0, 0.05) is 0 Å². The highest BCUT2D eigenvalue weighted by molar-refractivity contribution is 7.85. The maximum atomic E-state index is 13.3.